The molecule has 1 aliphatic rings. The number of imidazole rings is 1. The third-order valence-corrected chi connectivity index (χ3v) is 5.60. The number of pyridine rings is 1. The summed E-state index contributed by atoms with van der Waals surface area (Å²) < 4.78 is 12.8. The molecule has 0 amide bonds. The van der Waals surface area contributed by atoms with Gasteiger partial charge in [0.25, 0.3) is 0 Å². The van der Waals surface area contributed by atoms with Gasteiger partial charge in [-0.1, -0.05) is 19.1 Å². The van der Waals surface area contributed by atoms with E-state index < -0.39 is 0 Å². The molecule has 1 fully saturated rings. The van der Waals surface area contributed by atoms with Crippen molar-refractivity contribution in [1.82, 2.24) is 14.5 Å². The molecule has 3 heterocycles. The topological polar surface area (TPSA) is 92.3 Å². The second-order valence-corrected chi connectivity index (χ2v) is 7.60. The Kier molecular flexibility index (Phi) is 5.99. The maximum Gasteiger partial charge on any atom is 0.330 e. The van der Waals surface area contributed by atoms with E-state index in [9.17, 15) is 4.79 Å². The fraction of sp³-hybridized carbons (Fsp3) is 0.435. The number of anilines is 1. The maximum atomic E-state index is 11.6. The maximum absolute atomic E-state index is 11.6. The van der Waals surface area contributed by atoms with Crippen LogP contribution in [0.15, 0.2) is 24.3 Å². The number of esters is 1. The number of hydrogen-bond donors (Lipinski definition) is 1. The standard InChI is InChI=1S/C23H28N4O3/c1-3-19-26-21-22(27(19)14-16-9-11-29-12-10-16)17-7-5-15(6-8-20(28)30-4-2)13-18(17)25-23(21)24/h5-8,13,16H,3-4,9-12,14H2,1-2H3,(H2,24,25)/b8-6+. The number of nitrogen functional groups attached to an aromatic ring is 1. The summed E-state index contributed by atoms with van der Waals surface area (Å²) in [5, 5.41) is 1.02. The number of rotatable bonds is 6. The minimum Gasteiger partial charge on any atom is -0.463 e. The summed E-state index contributed by atoms with van der Waals surface area (Å²) in [5.41, 5.74) is 9.78. The van der Waals surface area contributed by atoms with Crippen LogP contribution in [0.1, 0.15) is 38.1 Å². The van der Waals surface area contributed by atoms with E-state index in [0.717, 1.165) is 72.3 Å². The molecule has 0 saturated carbocycles. The molecule has 2 aromatic heterocycles. The van der Waals surface area contributed by atoms with Crippen LogP contribution in [0.25, 0.3) is 28.0 Å². The molecule has 7 heteroatoms. The molecular formula is C23H28N4O3. The fourth-order valence-corrected chi connectivity index (χ4v) is 4.09. The second kappa shape index (κ2) is 8.83. The Hall–Kier alpha value is -2.93. The van der Waals surface area contributed by atoms with Crippen LogP contribution in [0.2, 0.25) is 0 Å². The minimum absolute atomic E-state index is 0.355. The van der Waals surface area contributed by atoms with Crippen LogP contribution in [0.5, 0.6) is 0 Å². The lowest BCUT2D eigenvalue weighted by molar-refractivity contribution is -0.137. The van der Waals surface area contributed by atoms with E-state index in [1.54, 1.807) is 13.0 Å². The van der Waals surface area contributed by atoms with Gasteiger partial charge in [-0.3, -0.25) is 0 Å². The Balaban J connectivity index is 1.79. The van der Waals surface area contributed by atoms with Crippen molar-refractivity contribution in [1.29, 1.82) is 0 Å². The third-order valence-electron chi connectivity index (χ3n) is 5.60. The zero-order valence-electron chi connectivity index (χ0n) is 17.6. The molecule has 0 bridgehead atoms. The molecule has 0 unspecified atom stereocenters. The van der Waals surface area contributed by atoms with Crippen molar-refractivity contribution in [3.05, 3.63) is 35.7 Å². The van der Waals surface area contributed by atoms with Crippen molar-refractivity contribution in [2.24, 2.45) is 5.92 Å². The van der Waals surface area contributed by atoms with Gasteiger partial charge >= 0.3 is 5.97 Å². The summed E-state index contributed by atoms with van der Waals surface area (Å²) in [5.74, 6) is 1.67. The van der Waals surface area contributed by atoms with Gasteiger partial charge in [0.2, 0.25) is 0 Å². The van der Waals surface area contributed by atoms with Crippen molar-refractivity contribution in [3.8, 4) is 0 Å². The molecule has 7 nitrogen and oxygen atoms in total. The lowest BCUT2D eigenvalue weighted by Gasteiger charge is -2.23. The molecule has 4 rings (SSSR count). The molecule has 0 spiro atoms. The van der Waals surface area contributed by atoms with Crippen molar-refractivity contribution in [2.75, 3.05) is 25.6 Å². The van der Waals surface area contributed by atoms with Gasteiger partial charge in [-0.25, -0.2) is 14.8 Å². The Morgan fingerprint density at radius 3 is 2.83 bits per heavy atom. The summed E-state index contributed by atoms with van der Waals surface area (Å²) in [6.45, 7) is 6.80. The molecule has 0 atom stereocenters. The van der Waals surface area contributed by atoms with Crippen LogP contribution >= 0.6 is 0 Å². The minimum atomic E-state index is -0.359. The van der Waals surface area contributed by atoms with Crippen molar-refractivity contribution >= 4 is 39.8 Å². The van der Waals surface area contributed by atoms with Crippen LogP contribution in [0.4, 0.5) is 5.82 Å². The predicted molar refractivity (Wildman–Crippen MR) is 118 cm³/mol. The van der Waals surface area contributed by atoms with Crippen LogP contribution in [-0.2, 0) is 27.2 Å². The highest BCUT2D eigenvalue weighted by Gasteiger charge is 2.21. The first-order valence-corrected chi connectivity index (χ1v) is 10.6. The number of nitrogens with two attached hydrogens (primary N) is 1. The molecule has 158 valence electrons. The summed E-state index contributed by atoms with van der Waals surface area (Å²) in [6, 6.07) is 5.96. The van der Waals surface area contributed by atoms with E-state index in [1.165, 1.54) is 6.08 Å². The molecule has 1 aliphatic heterocycles. The number of aromatic nitrogens is 3. The average molecular weight is 409 g/mol. The highest BCUT2D eigenvalue weighted by Crippen LogP contribution is 2.31. The van der Waals surface area contributed by atoms with E-state index in [4.69, 9.17) is 20.2 Å². The van der Waals surface area contributed by atoms with Gasteiger partial charge in [0.15, 0.2) is 5.82 Å². The third kappa shape index (κ3) is 4.03. The highest BCUT2D eigenvalue weighted by molar-refractivity contribution is 6.07. The fourth-order valence-electron chi connectivity index (χ4n) is 4.09. The summed E-state index contributed by atoms with van der Waals surface area (Å²) >= 11 is 0. The van der Waals surface area contributed by atoms with Crippen LogP contribution in [0.3, 0.4) is 0 Å². The zero-order chi connectivity index (χ0) is 21.1. The van der Waals surface area contributed by atoms with Gasteiger partial charge in [-0.2, -0.15) is 0 Å². The smallest absolute Gasteiger partial charge is 0.330 e. The van der Waals surface area contributed by atoms with Crippen molar-refractivity contribution < 1.29 is 14.3 Å². The number of benzene rings is 1. The Morgan fingerprint density at radius 2 is 2.10 bits per heavy atom. The van der Waals surface area contributed by atoms with Crippen LogP contribution in [-0.4, -0.2) is 40.3 Å². The van der Waals surface area contributed by atoms with Crippen molar-refractivity contribution in [3.63, 3.8) is 0 Å². The Labute approximate surface area is 175 Å². The Bertz CT molecular complexity index is 1100. The molecule has 3 aromatic rings. The van der Waals surface area contributed by atoms with E-state index >= 15 is 0 Å². The van der Waals surface area contributed by atoms with Crippen LogP contribution in [0, 0.1) is 5.92 Å². The molecule has 0 aliphatic carbocycles. The van der Waals surface area contributed by atoms with E-state index in [0.29, 0.717) is 18.3 Å². The Morgan fingerprint density at radius 1 is 1.30 bits per heavy atom. The SMILES string of the molecule is CCOC(=O)/C=C/c1ccc2c(c1)nc(N)c1nc(CC)n(CC3CCOCC3)c12. The lowest BCUT2D eigenvalue weighted by Crippen LogP contribution is -2.21. The average Bonchev–Trinajstić information content (AvgIpc) is 3.12. The summed E-state index contributed by atoms with van der Waals surface area (Å²) in [6.07, 6.45) is 6.11. The predicted octanol–water partition coefficient (Wildman–Crippen LogP) is 3.73. The quantitative estimate of drug-likeness (QED) is 0.493. The number of carbonyl (C=O) groups is 1. The molecule has 2 N–H and O–H groups in total. The van der Waals surface area contributed by atoms with Gasteiger partial charge < -0.3 is 19.8 Å². The molecule has 30 heavy (non-hydrogen) atoms. The number of nitrogens with zero attached hydrogens (tertiary/aromatic N) is 3. The van der Waals surface area contributed by atoms with Gasteiger partial charge in [-0.05, 0) is 43.4 Å². The van der Waals surface area contributed by atoms with Gasteiger partial charge in [-0.15, -0.1) is 0 Å². The zero-order valence-corrected chi connectivity index (χ0v) is 17.6. The first-order valence-electron chi connectivity index (χ1n) is 10.6. The number of fused-ring (bicyclic) bond motifs is 3. The van der Waals surface area contributed by atoms with Crippen LogP contribution < -0.4 is 5.73 Å². The number of hydrogen-bond acceptors (Lipinski definition) is 6. The summed E-state index contributed by atoms with van der Waals surface area (Å²) in [4.78, 5) is 21.0. The number of aryl methyl sites for hydroxylation is 1. The van der Waals surface area contributed by atoms with Crippen molar-refractivity contribution in [2.45, 2.75) is 39.7 Å². The number of ether oxygens (including phenoxy) is 2. The molecule has 0 radical (unpaired) electrons. The first-order chi connectivity index (χ1) is 14.6. The van der Waals surface area contributed by atoms with Gasteiger partial charge in [0.1, 0.15) is 11.3 Å². The molecule has 1 aromatic carbocycles. The second-order valence-electron chi connectivity index (χ2n) is 7.60. The first kappa shape index (κ1) is 20.3. The molecule has 1 saturated heterocycles. The van der Waals surface area contributed by atoms with E-state index in [-0.39, 0.29) is 5.97 Å². The highest BCUT2D eigenvalue weighted by atomic mass is 16.5. The monoisotopic (exact) mass is 408 g/mol. The van der Waals surface area contributed by atoms with E-state index in [1.807, 2.05) is 18.2 Å². The number of carbonyl (C=O) groups excluding carboxylic acids is 1. The lowest BCUT2D eigenvalue weighted by atomic mass is 10.00. The van der Waals surface area contributed by atoms with Gasteiger partial charge in [0, 0.05) is 37.6 Å². The summed E-state index contributed by atoms with van der Waals surface area (Å²) in [7, 11) is 0. The van der Waals surface area contributed by atoms with E-state index in [2.05, 4.69) is 16.5 Å². The molecular weight excluding hydrogens is 380 g/mol. The van der Waals surface area contributed by atoms with Gasteiger partial charge in [0.05, 0.1) is 17.6 Å². The largest absolute Gasteiger partial charge is 0.463 e. The normalized spacial score (nSPS) is 15.4.